The number of rotatable bonds is 5. The number of methoxy groups -OCH3 is 1. The van der Waals surface area contributed by atoms with Gasteiger partial charge in [0, 0.05) is 13.0 Å². The lowest BCUT2D eigenvalue weighted by Gasteiger charge is -2.38. The van der Waals surface area contributed by atoms with E-state index in [4.69, 9.17) is 10.8 Å². The maximum atomic E-state index is 11.2. The highest BCUT2D eigenvalue weighted by atomic mass is 16.7. The van der Waals surface area contributed by atoms with E-state index < -0.39 is 43.5 Å². The number of nitrogens with two attached hydrogens (primary N) is 1. The third-order valence-corrected chi connectivity index (χ3v) is 4.14. The van der Waals surface area contributed by atoms with E-state index in [0.29, 0.717) is 18.5 Å². The van der Waals surface area contributed by atoms with Gasteiger partial charge in [0.25, 0.3) is 0 Å². The van der Waals surface area contributed by atoms with Crippen LogP contribution >= 0.6 is 0 Å². The van der Waals surface area contributed by atoms with Crippen molar-refractivity contribution in [1.82, 2.24) is 0 Å². The molecule has 1 aliphatic heterocycles. The number of ether oxygens (including phenoxy) is 3. The third-order valence-electron chi connectivity index (χ3n) is 4.14. The van der Waals surface area contributed by atoms with E-state index in [9.17, 15) is 30.0 Å². The molecule has 1 radical (unpaired) electrons. The molecular formula is C18H26NO10. The summed E-state index contributed by atoms with van der Waals surface area (Å²) in [5.74, 6) is -0.0316. The highest BCUT2D eigenvalue weighted by Crippen LogP contribution is 2.23. The molecule has 1 aromatic carbocycles. The number of aromatic hydroxyl groups is 1. The minimum Gasteiger partial charge on any atom is -0.507 e. The molecule has 0 unspecified atom stereocenters. The predicted molar refractivity (Wildman–Crippen MR) is 96.3 cm³/mol. The van der Waals surface area contributed by atoms with E-state index in [1.165, 1.54) is 6.07 Å². The Balaban J connectivity index is 0.000000296. The first-order chi connectivity index (χ1) is 13.7. The van der Waals surface area contributed by atoms with Gasteiger partial charge in [0.2, 0.25) is 6.29 Å². The van der Waals surface area contributed by atoms with Crippen LogP contribution in [0.4, 0.5) is 4.79 Å². The normalized spacial score (nSPS) is 26.1. The number of Topliss-reactive ketones (excluding diaryl/α,β-unsaturated/α-hetero) is 1. The summed E-state index contributed by atoms with van der Waals surface area (Å²) in [5, 5.41) is 48.1. The summed E-state index contributed by atoms with van der Waals surface area (Å²) in [6.07, 6.45) is -8.52. The molecule has 5 atom stereocenters. The van der Waals surface area contributed by atoms with Gasteiger partial charge in [-0.2, -0.15) is 5.11 Å². The van der Waals surface area contributed by atoms with Crippen LogP contribution in [0.3, 0.4) is 0 Å². The summed E-state index contributed by atoms with van der Waals surface area (Å²) in [5.41, 5.74) is 6.58. The number of hydrogen-bond donors (Lipinski definition) is 5. The van der Waals surface area contributed by atoms with Gasteiger partial charge < -0.3 is 40.4 Å². The topological polar surface area (TPSA) is 189 Å². The summed E-state index contributed by atoms with van der Waals surface area (Å²) in [6.45, 7) is 1.50. The Kier molecular flexibility index (Phi) is 9.95. The van der Waals surface area contributed by atoms with Gasteiger partial charge in [-0.05, 0) is 17.7 Å². The number of ketones is 1. The van der Waals surface area contributed by atoms with E-state index in [0.717, 1.165) is 12.7 Å². The molecule has 11 nitrogen and oxygen atoms in total. The Bertz CT molecular complexity index is 681. The van der Waals surface area contributed by atoms with Gasteiger partial charge in [-0.15, -0.1) is 0 Å². The molecule has 0 aromatic heterocycles. The van der Waals surface area contributed by atoms with Crippen molar-refractivity contribution in [3.05, 3.63) is 29.3 Å². The molecule has 0 amide bonds. The van der Waals surface area contributed by atoms with E-state index in [1.54, 1.807) is 19.1 Å². The summed E-state index contributed by atoms with van der Waals surface area (Å²) in [6, 6.07) is 4.90. The Morgan fingerprint density at radius 1 is 1.24 bits per heavy atom. The van der Waals surface area contributed by atoms with Crippen molar-refractivity contribution in [2.24, 2.45) is 5.73 Å². The smallest absolute Gasteiger partial charge is 0.507 e. The number of aliphatic hydroxyl groups excluding tert-OH is 3. The molecule has 0 aliphatic carbocycles. The van der Waals surface area contributed by atoms with Crippen molar-refractivity contribution in [2.45, 2.75) is 50.6 Å². The van der Waals surface area contributed by atoms with Crippen LogP contribution in [0.25, 0.3) is 0 Å². The van der Waals surface area contributed by atoms with Crippen molar-refractivity contribution in [3.8, 4) is 5.75 Å². The number of hydrogen-bond acceptors (Lipinski definition) is 10. The average molecular weight is 416 g/mol. The molecule has 163 valence electrons. The van der Waals surface area contributed by atoms with Gasteiger partial charge >= 0.3 is 6.16 Å². The Hall–Kier alpha value is -2.28. The fourth-order valence-electron chi connectivity index (χ4n) is 2.49. The molecular weight excluding hydrogens is 390 g/mol. The van der Waals surface area contributed by atoms with E-state index in [1.807, 2.05) is 0 Å². The Morgan fingerprint density at radius 3 is 2.38 bits per heavy atom. The molecule has 1 aromatic rings. The average Bonchev–Trinajstić information content (AvgIpc) is 2.73. The number of carbonyl (C=O) groups excluding carboxylic acids is 2. The lowest BCUT2D eigenvalue weighted by molar-refractivity contribution is -0.304. The van der Waals surface area contributed by atoms with E-state index >= 15 is 0 Å². The minimum atomic E-state index is -1.90. The van der Waals surface area contributed by atoms with Crippen molar-refractivity contribution in [1.29, 1.82) is 0 Å². The van der Waals surface area contributed by atoms with E-state index in [2.05, 4.69) is 14.2 Å². The SMILES string of the molecule is CCC(=O)c1ccc(CN)cc1O.COC(=O)O[C@H]1[C@H](O)[C@@H](O)[C@H]([O])O[C@@H]1CO. The molecule has 1 fully saturated rings. The molecule has 2 rings (SSSR count). The second-order valence-electron chi connectivity index (χ2n) is 6.08. The number of benzene rings is 1. The number of aliphatic hydroxyl groups is 3. The van der Waals surface area contributed by atoms with Gasteiger partial charge in [-0.1, -0.05) is 13.0 Å². The highest BCUT2D eigenvalue weighted by molar-refractivity contribution is 5.98. The molecule has 1 saturated heterocycles. The zero-order valence-corrected chi connectivity index (χ0v) is 16.1. The minimum absolute atomic E-state index is 0.0230. The molecule has 11 heteroatoms. The molecule has 1 aliphatic rings. The second-order valence-corrected chi connectivity index (χ2v) is 6.08. The van der Waals surface area contributed by atoms with Gasteiger partial charge in [-0.3, -0.25) is 4.79 Å². The largest absolute Gasteiger partial charge is 0.508 e. The Morgan fingerprint density at radius 2 is 1.90 bits per heavy atom. The lowest BCUT2D eigenvalue weighted by atomic mass is 9.99. The molecule has 29 heavy (non-hydrogen) atoms. The Labute approximate surface area is 167 Å². The van der Waals surface area contributed by atoms with Crippen LogP contribution < -0.4 is 5.73 Å². The summed E-state index contributed by atoms with van der Waals surface area (Å²) in [4.78, 5) is 22.1. The summed E-state index contributed by atoms with van der Waals surface area (Å²) < 4.78 is 13.4. The second kappa shape index (κ2) is 11.7. The third kappa shape index (κ3) is 6.63. The van der Waals surface area contributed by atoms with Crippen LogP contribution in [0.5, 0.6) is 5.75 Å². The van der Waals surface area contributed by atoms with Crippen LogP contribution in [0, 0.1) is 0 Å². The molecule has 1 heterocycles. The van der Waals surface area contributed by atoms with E-state index in [-0.39, 0.29) is 11.5 Å². The zero-order chi connectivity index (χ0) is 22.1. The van der Waals surface area contributed by atoms with Crippen LogP contribution in [0.15, 0.2) is 18.2 Å². The summed E-state index contributed by atoms with van der Waals surface area (Å²) >= 11 is 0. The van der Waals surface area contributed by atoms with Crippen LogP contribution in [0.1, 0.15) is 29.3 Å². The zero-order valence-electron chi connectivity index (χ0n) is 16.1. The quantitative estimate of drug-likeness (QED) is 0.308. The van der Waals surface area contributed by atoms with Crippen molar-refractivity contribution < 1.29 is 49.3 Å². The van der Waals surface area contributed by atoms with Gasteiger partial charge in [0.15, 0.2) is 11.9 Å². The first kappa shape index (κ1) is 24.8. The molecule has 0 spiro atoms. The fraction of sp³-hybridized carbons (Fsp3) is 0.556. The highest BCUT2D eigenvalue weighted by Gasteiger charge is 2.46. The number of phenolic OH excluding ortho intramolecular Hbond substituents is 1. The summed E-state index contributed by atoms with van der Waals surface area (Å²) in [7, 11) is 1.05. The number of phenols is 1. The molecule has 6 N–H and O–H groups in total. The predicted octanol–water partition coefficient (Wildman–Crippen LogP) is -0.549. The van der Waals surface area contributed by atoms with Gasteiger partial charge in [0.1, 0.15) is 24.1 Å². The van der Waals surface area contributed by atoms with Gasteiger partial charge in [0.05, 0.1) is 19.3 Å². The fourth-order valence-corrected chi connectivity index (χ4v) is 2.49. The van der Waals surface area contributed by atoms with Crippen LogP contribution in [-0.4, -0.2) is 76.8 Å². The van der Waals surface area contributed by atoms with Crippen molar-refractivity contribution in [2.75, 3.05) is 13.7 Å². The molecule has 0 bridgehead atoms. The first-order valence-electron chi connectivity index (χ1n) is 8.78. The first-order valence-corrected chi connectivity index (χ1v) is 8.78. The lowest BCUT2D eigenvalue weighted by Crippen LogP contribution is -2.59. The maximum Gasteiger partial charge on any atom is 0.508 e. The molecule has 0 saturated carbocycles. The maximum absolute atomic E-state index is 11.2. The van der Waals surface area contributed by atoms with Crippen LogP contribution in [0.2, 0.25) is 0 Å². The number of carbonyl (C=O) groups is 2. The standard InChI is InChI=1S/C10H13NO2.C8H13O8/c1-2-9(12)8-4-3-7(6-11)5-10(8)13;1-14-8(13)16-6-3(2-9)15-7(12)5(11)4(6)10/h3-5,13H,2,6,11H2,1H3;3-7,9-11H,2H2,1H3/t;3-,4-,5-,6-,7-/m.1/s1. The monoisotopic (exact) mass is 416 g/mol. The van der Waals surface area contributed by atoms with Gasteiger partial charge in [-0.25, -0.2) is 4.79 Å². The van der Waals surface area contributed by atoms with Crippen LogP contribution in [-0.2, 0) is 25.9 Å². The van der Waals surface area contributed by atoms with Crippen molar-refractivity contribution in [3.63, 3.8) is 0 Å². The van der Waals surface area contributed by atoms with Crippen molar-refractivity contribution >= 4 is 11.9 Å².